The maximum Gasteiger partial charge on any atom is 0.170 e. The van der Waals surface area contributed by atoms with Crippen LogP contribution in [0.15, 0.2) is 0 Å². The van der Waals surface area contributed by atoms with Crippen molar-refractivity contribution >= 4 is 5.78 Å². The van der Waals surface area contributed by atoms with Crippen molar-refractivity contribution in [2.75, 3.05) is 0 Å². The second-order valence-electron chi connectivity index (χ2n) is 5.71. The third-order valence-corrected chi connectivity index (χ3v) is 4.06. The van der Waals surface area contributed by atoms with Crippen LogP contribution >= 0.6 is 0 Å². The number of hydrogen-bond donors (Lipinski definition) is 0. The van der Waals surface area contributed by atoms with Crippen LogP contribution in [0.3, 0.4) is 0 Å². The van der Waals surface area contributed by atoms with E-state index in [0.717, 1.165) is 19.3 Å². The Morgan fingerprint density at radius 1 is 1.21 bits per heavy atom. The molecular weight excluding hydrogens is 176 g/mol. The molecule has 3 fully saturated rings. The third kappa shape index (κ3) is 1.10. The molecule has 1 heterocycles. The summed E-state index contributed by atoms with van der Waals surface area (Å²) in [5.74, 6) is 2.02. The van der Waals surface area contributed by atoms with Crippen LogP contribution in [0.2, 0.25) is 0 Å². The van der Waals surface area contributed by atoms with Crippen LogP contribution in [-0.2, 0) is 9.53 Å². The first-order valence-corrected chi connectivity index (χ1v) is 5.83. The monoisotopic (exact) mass is 194 g/mol. The molecule has 14 heavy (non-hydrogen) atoms. The molecule has 2 saturated carbocycles. The minimum Gasteiger partial charge on any atom is -0.363 e. The zero-order valence-electron chi connectivity index (χ0n) is 8.95. The number of fused-ring (bicyclic) bond motifs is 1. The van der Waals surface area contributed by atoms with E-state index in [-0.39, 0.29) is 11.5 Å². The number of carbonyl (C=O) groups excluding carboxylic acids is 1. The topological polar surface area (TPSA) is 26.3 Å². The van der Waals surface area contributed by atoms with Gasteiger partial charge in [-0.05, 0) is 37.5 Å². The van der Waals surface area contributed by atoms with E-state index in [4.69, 9.17) is 4.74 Å². The second kappa shape index (κ2) is 2.60. The highest BCUT2D eigenvalue weighted by Crippen LogP contribution is 2.54. The molecule has 4 atom stereocenters. The fourth-order valence-corrected chi connectivity index (χ4v) is 3.62. The van der Waals surface area contributed by atoms with Gasteiger partial charge in [-0.1, -0.05) is 13.8 Å². The van der Waals surface area contributed by atoms with Crippen LogP contribution in [-0.4, -0.2) is 17.5 Å². The summed E-state index contributed by atoms with van der Waals surface area (Å²) in [6.45, 7) is 4.50. The number of Topliss-reactive ketones (excluding diaryl/α,β-unsaturated/α-hetero) is 1. The van der Waals surface area contributed by atoms with Crippen LogP contribution in [0, 0.1) is 17.8 Å². The van der Waals surface area contributed by atoms with Crippen LogP contribution in [0.25, 0.3) is 0 Å². The van der Waals surface area contributed by atoms with Crippen molar-refractivity contribution in [3.63, 3.8) is 0 Å². The Labute approximate surface area is 85.0 Å². The van der Waals surface area contributed by atoms with E-state index in [1.165, 1.54) is 6.42 Å². The van der Waals surface area contributed by atoms with Crippen LogP contribution in [0.5, 0.6) is 0 Å². The standard InChI is InChI=1S/C12H18O2/c1-7-3-8(2)6-12(5-7)11(13)9-4-10(9)14-12/h7-10H,3-6H2,1-2H3. The zero-order valence-corrected chi connectivity index (χ0v) is 8.95. The first-order valence-electron chi connectivity index (χ1n) is 5.83. The Kier molecular flexibility index (Phi) is 1.65. The zero-order chi connectivity index (χ0) is 9.92. The van der Waals surface area contributed by atoms with Crippen molar-refractivity contribution in [1.82, 2.24) is 0 Å². The quantitative estimate of drug-likeness (QED) is 0.590. The fraction of sp³-hybridized carbons (Fsp3) is 0.917. The molecule has 1 saturated heterocycles. The van der Waals surface area contributed by atoms with Crippen molar-refractivity contribution in [1.29, 1.82) is 0 Å². The predicted molar refractivity (Wildman–Crippen MR) is 52.9 cm³/mol. The summed E-state index contributed by atoms with van der Waals surface area (Å²) < 4.78 is 5.97. The number of carbonyl (C=O) groups is 1. The van der Waals surface area contributed by atoms with E-state index in [1.807, 2.05) is 0 Å². The van der Waals surface area contributed by atoms with E-state index in [0.29, 0.717) is 23.7 Å². The fourth-order valence-electron chi connectivity index (χ4n) is 3.62. The molecule has 1 aliphatic heterocycles. The minimum atomic E-state index is -0.343. The van der Waals surface area contributed by atoms with E-state index in [9.17, 15) is 4.79 Å². The molecule has 2 heteroatoms. The molecule has 0 amide bonds. The van der Waals surface area contributed by atoms with Crippen LogP contribution in [0.1, 0.15) is 39.5 Å². The largest absolute Gasteiger partial charge is 0.363 e. The highest BCUT2D eigenvalue weighted by molar-refractivity contribution is 5.94. The Bertz CT molecular complexity index is 274. The number of ketones is 1. The molecule has 0 aromatic carbocycles. The lowest BCUT2D eigenvalue weighted by molar-refractivity contribution is -0.145. The minimum absolute atomic E-state index is 0.285. The van der Waals surface area contributed by atoms with Crippen molar-refractivity contribution in [2.45, 2.75) is 51.2 Å². The van der Waals surface area contributed by atoms with Crippen molar-refractivity contribution in [3.05, 3.63) is 0 Å². The summed E-state index contributed by atoms with van der Waals surface area (Å²) in [6.07, 6.45) is 4.52. The molecular formula is C12H18O2. The molecule has 0 aromatic rings. The molecule has 2 nitrogen and oxygen atoms in total. The maximum atomic E-state index is 12.1. The van der Waals surface area contributed by atoms with E-state index in [2.05, 4.69) is 13.8 Å². The first kappa shape index (κ1) is 8.90. The number of rotatable bonds is 0. The van der Waals surface area contributed by atoms with Gasteiger partial charge < -0.3 is 4.74 Å². The van der Waals surface area contributed by atoms with Gasteiger partial charge >= 0.3 is 0 Å². The van der Waals surface area contributed by atoms with Gasteiger partial charge in [-0.25, -0.2) is 0 Å². The number of hydrogen-bond acceptors (Lipinski definition) is 2. The lowest BCUT2D eigenvalue weighted by Crippen LogP contribution is -2.45. The van der Waals surface area contributed by atoms with Gasteiger partial charge in [0.25, 0.3) is 0 Å². The first-order chi connectivity index (χ1) is 6.61. The molecule has 1 spiro atoms. The average Bonchev–Trinajstić information content (AvgIpc) is 2.75. The van der Waals surface area contributed by atoms with Gasteiger partial charge in [0, 0.05) is 5.92 Å². The van der Waals surface area contributed by atoms with E-state index < -0.39 is 0 Å². The molecule has 4 unspecified atom stereocenters. The molecule has 0 N–H and O–H groups in total. The summed E-state index contributed by atoms with van der Waals surface area (Å²) in [7, 11) is 0. The summed E-state index contributed by atoms with van der Waals surface area (Å²) in [5.41, 5.74) is -0.343. The predicted octanol–water partition coefficient (Wildman–Crippen LogP) is 2.17. The van der Waals surface area contributed by atoms with E-state index >= 15 is 0 Å². The number of ether oxygens (including phenoxy) is 1. The lowest BCUT2D eigenvalue weighted by Gasteiger charge is -2.39. The van der Waals surface area contributed by atoms with E-state index in [1.54, 1.807) is 0 Å². The van der Waals surface area contributed by atoms with Crippen molar-refractivity contribution in [3.8, 4) is 0 Å². The van der Waals surface area contributed by atoms with Crippen LogP contribution in [0.4, 0.5) is 0 Å². The van der Waals surface area contributed by atoms with Gasteiger partial charge in [0.15, 0.2) is 5.78 Å². The summed E-state index contributed by atoms with van der Waals surface area (Å²) in [5, 5.41) is 0. The van der Waals surface area contributed by atoms with Crippen molar-refractivity contribution in [2.24, 2.45) is 17.8 Å². The van der Waals surface area contributed by atoms with Crippen LogP contribution < -0.4 is 0 Å². The van der Waals surface area contributed by atoms with Gasteiger partial charge in [0.2, 0.25) is 0 Å². The lowest BCUT2D eigenvalue weighted by atomic mass is 9.71. The molecule has 3 aliphatic rings. The summed E-state index contributed by atoms with van der Waals surface area (Å²) >= 11 is 0. The summed E-state index contributed by atoms with van der Waals surface area (Å²) in [4.78, 5) is 12.1. The normalized spacial score (nSPS) is 56.3. The molecule has 3 rings (SSSR count). The van der Waals surface area contributed by atoms with Gasteiger partial charge in [0.05, 0.1) is 6.10 Å². The average molecular weight is 194 g/mol. The molecule has 0 aromatic heterocycles. The highest BCUT2D eigenvalue weighted by Gasteiger charge is 2.63. The molecule has 0 radical (unpaired) electrons. The second-order valence-corrected chi connectivity index (χ2v) is 5.71. The van der Waals surface area contributed by atoms with Gasteiger partial charge in [-0.3, -0.25) is 4.79 Å². The highest BCUT2D eigenvalue weighted by atomic mass is 16.5. The maximum absolute atomic E-state index is 12.1. The summed E-state index contributed by atoms with van der Waals surface area (Å²) in [6, 6.07) is 0. The Morgan fingerprint density at radius 2 is 1.86 bits per heavy atom. The SMILES string of the molecule is CC1CC(C)CC2(C1)OC1CC1C2=O. The Balaban J connectivity index is 1.85. The van der Waals surface area contributed by atoms with Crippen molar-refractivity contribution < 1.29 is 9.53 Å². The van der Waals surface area contributed by atoms with Gasteiger partial charge in [-0.15, -0.1) is 0 Å². The third-order valence-electron chi connectivity index (χ3n) is 4.06. The molecule has 2 aliphatic carbocycles. The Morgan fingerprint density at radius 3 is 2.36 bits per heavy atom. The van der Waals surface area contributed by atoms with Gasteiger partial charge in [0.1, 0.15) is 5.60 Å². The Hall–Kier alpha value is -0.370. The smallest absolute Gasteiger partial charge is 0.170 e. The molecule has 78 valence electrons. The molecule has 0 bridgehead atoms. The van der Waals surface area contributed by atoms with Gasteiger partial charge in [-0.2, -0.15) is 0 Å².